The van der Waals surface area contributed by atoms with E-state index < -0.39 is 0 Å². The molecule has 1 aromatic rings. The Morgan fingerprint density at radius 3 is 2.63 bits per heavy atom. The number of carbonyl (C=O) groups is 1. The minimum atomic E-state index is 0.143. The minimum absolute atomic E-state index is 0.143. The van der Waals surface area contributed by atoms with Crippen LogP contribution in [-0.2, 0) is 4.79 Å². The van der Waals surface area contributed by atoms with E-state index >= 15 is 0 Å². The van der Waals surface area contributed by atoms with Crippen LogP contribution < -0.4 is 10.5 Å². The van der Waals surface area contributed by atoms with Crippen molar-refractivity contribution in [3.63, 3.8) is 0 Å². The Labute approximate surface area is 113 Å². The molecule has 0 spiro atoms. The fourth-order valence-corrected chi connectivity index (χ4v) is 2.47. The quantitative estimate of drug-likeness (QED) is 0.901. The molecule has 104 valence electrons. The van der Waals surface area contributed by atoms with E-state index in [9.17, 15) is 4.79 Å². The Morgan fingerprint density at radius 2 is 2.05 bits per heavy atom. The second-order valence-electron chi connectivity index (χ2n) is 5.24. The van der Waals surface area contributed by atoms with E-state index in [4.69, 9.17) is 10.5 Å². The van der Waals surface area contributed by atoms with Crippen LogP contribution in [0.4, 0.5) is 5.69 Å². The molecule has 2 rings (SSSR count). The second kappa shape index (κ2) is 5.91. The topological polar surface area (TPSA) is 68.5 Å². The van der Waals surface area contributed by atoms with Gasteiger partial charge in [-0.2, -0.15) is 0 Å². The van der Waals surface area contributed by atoms with Gasteiger partial charge in [0.2, 0.25) is 5.91 Å². The lowest BCUT2D eigenvalue weighted by Crippen LogP contribution is -2.34. The van der Waals surface area contributed by atoms with Crippen LogP contribution in [0.1, 0.15) is 25.7 Å². The highest BCUT2D eigenvalue weighted by atomic mass is 16.5. The van der Waals surface area contributed by atoms with Crippen molar-refractivity contribution in [3.8, 4) is 5.75 Å². The summed E-state index contributed by atoms with van der Waals surface area (Å²) in [5, 5.41) is 0. The summed E-state index contributed by atoms with van der Waals surface area (Å²) in [5.74, 6) is 1.06. The molecule has 0 aliphatic heterocycles. The Morgan fingerprint density at radius 1 is 1.37 bits per heavy atom. The van der Waals surface area contributed by atoms with E-state index in [0.29, 0.717) is 11.4 Å². The highest BCUT2D eigenvalue weighted by Gasteiger charge is 2.28. The number of nitrogens with two attached hydrogens (primary N) is 1. The lowest BCUT2D eigenvalue weighted by Gasteiger charge is -2.29. The van der Waals surface area contributed by atoms with Crippen LogP contribution in [-0.4, -0.2) is 36.0 Å². The number of anilines is 1. The maximum Gasteiger partial charge on any atom is 0.225 e. The first-order chi connectivity index (χ1) is 9.08. The fraction of sp³-hybridized carbons (Fsp3) is 0.571. The molecule has 2 N–H and O–H groups in total. The van der Waals surface area contributed by atoms with Crippen LogP contribution in [0, 0.1) is 5.92 Å². The predicted molar refractivity (Wildman–Crippen MR) is 73.7 cm³/mol. The smallest absolute Gasteiger partial charge is 0.225 e. The van der Waals surface area contributed by atoms with E-state index in [2.05, 4.69) is 4.98 Å². The molecule has 1 aliphatic rings. The monoisotopic (exact) mass is 263 g/mol. The molecule has 1 saturated carbocycles. The van der Waals surface area contributed by atoms with Crippen LogP contribution in [0.2, 0.25) is 0 Å². The number of ether oxygens (including phenoxy) is 1. The summed E-state index contributed by atoms with van der Waals surface area (Å²) in [6.07, 6.45) is 6.97. The molecule has 19 heavy (non-hydrogen) atoms. The maximum atomic E-state index is 11.9. The third kappa shape index (κ3) is 3.36. The first kappa shape index (κ1) is 13.6. The lowest BCUT2D eigenvalue weighted by molar-refractivity contribution is -0.134. The number of nitrogen functional groups attached to an aromatic ring is 1. The van der Waals surface area contributed by atoms with Crippen LogP contribution in [0.5, 0.6) is 5.75 Å². The average molecular weight is 263 g/mol. The number of nitrogens with zero attached hydrogens (tertiary/aromatic N) is 2. The maximum absolute atomic E-state index is 11.9. The zero-order valence-corrected chi connectivity index (χ0v) is 11.5. The molecule has 0 aromatic carbocycles. The van der Waals surface area contributed by atoms with Crippen LogP contribution in [0.15, 0.2) is 18.5 Å². The van der Waals surface area contributed by atoms with Gasteiger partial charge in [-0.25, -0.2) is 0 Å². The number of hydrogen-bond acceptors (Lipinski definition) is 4. The van der Waals surface area contributed by atoms with Gasteiger partial charge in [-0.15, -0.1) is 0 Å². The average Bonchev–Trinajstić information content (AvgIpc) is 2.41. The Kier molecular flexibility index (Phi) is 4.24. The van der Waals surface area contributed by atoms with Crippen molar-refractivity contribution >= 4 is 11.6 Å². The number of hydrogen-bond donors (Lipinski definition) is 1. The molecule has 0 radical (unpaired) electrons. The van der Waals surface area contributed by atoms with Crippen LogP contribution in [0.25, 0.3) is 0 Å². The zero-order chi connectivity index (χ0) is 13.8. The molecule has 5 nitrogen and oxygen atoms in total. The molecular formula is C14H21N3O2. The zero-order valence-electron chi connectivity index (χ0n) is 11.5. The normalized spacial score (nSPS) is 22.8. The lowest BCUT2D eigenvalue weighted by atomic mass is 9.86. The molecule has 0 atom stereocenters. The van der Waals surface area contributed by atoms with Gasteiger partial charge in [-0.3, -0.25) is 9.78 Å². The van der Waals surface area contributed by atoms with Gasteiger partial charge in [0.15, 0.2) is 0 Å². The van der Waals surface area contributed by atoms with Gasteiger partial charge in [0.05, 0.1) is 18.0 Å². The third-order valence-electron chi connectivity index (χ3n) is 3.57. The van der Waals surface area contributed by atoms with Crippen LogP contribution in [0.3, 0.4) is 0 Å². The van der Waals surface area contributed by atoms with Crippen molar-refractivity contribution in [1.82, 2.24) is 9.88 Å². The van der Waals surface area contributed by atoms with Gasteiger partial charge in [0.25, 0.3) is 0 Å². The van der Waals surface area contributed by atoms with Gasteiger partial charge < -0.3 is 15.4 Å². The van der Waals surface area contributed by atoms with E-state index in [1.165, 1.54) is 0 Å². The highest BCUT2D eigenvalue weighted by molar-refractivity contribution is 5.78. The van der Waals surface area contributed by atoms with E-state index in [0.717, 1.165) is 25.7 Å². The van der Waals surface area contributed by atoms with E-state index in [1.54, 1.807) is 23.4 Å². The minimum Gasteiger partial charge on any atom is -0.488 e. The first-order valence-corrected chi connectivity index (χ1v) is 6.65. The van der Waals surface area contributed by atoms with Crippen LogP contribution >= 0.6 is 0 Å². The number of aromatic nitrogens is 1. The fourth-order valence-electron chi connectivity index (χ4n) is 2.47. The van der Waals surface area contributed by atoms with Crippen molar-refractivity contribution < 1.29 is 9.53 Å². The van der Waals surface area contributed by atoms with Crippen molar-refractivity contribution in [2.24, 2.45) is 5.92 Å². The molecule has 1 amide bonds. The SMILES string of the molecule is CN(C)C(=O)[C@H]1CC[C@@H](Oc2ccncc2N)CC1. The largest absolute Gasteiger partial charge is 0.488 e. The molecule has 0 unspecified atom stereocenters. The Balaban J connectivity index is 1.87. The Bertz CT molecular complexity index is 440. The summed E-state index contributed by atoms with van der Waals surface area (Å²) in [4.78, 5) is 17.5. The molecule has 0 bridgehead atoms. The van der Waals surface area contributed by atoms with Crippen molar-refractivity contribution in [2.75, 3.05) is 19.8 Å². The summed E-state index contributed by atoms with van der Waals surface area (Å²) in [5.41, 5.74) is 6.37. The van der Waals surface area contributed by atoms with E-state index in [-0.39, 0.29) is 17.9 Å². The summed E-state index contributed by atoms with van der Waals surface area (Å²) < 4.78 is 5.88. The van der Waals surface area contributed by atoms with Gasteiger partial charge in [-0.05, 0) is 25.7 Å². The number of carbonyl (C=O) groups excluding carboxylic acids is 1. The first-order valence-electron chi connectivity index (χ1n) is 6.65. The molecule has 1 aromatic heterocycles. The third-order valence-corrected chi connectivity index (χ3v) is 3.57. The molecule has 0 saturated heterocycles. The molecule has 5 heteroatoms. The van der Waals surface area contributed by atoms with Gasteiger partial charge >= 0.3 is 0 Å². The number of rotatable bonds is 3. The van der Waals surface area contributed by atoms with Gasteiger partial charge in [0, 0.05) is 32.3 Å². The summed E-state index contributed by atoms with van der Waals surface area (Å²) in [6, 6.07) is 1.78. The Hall–Kier alpha value is -1.78. The molecular weight excluding hydrogens is 242 g/mol. The number of pyridine rings is 1. The summed E-state index contributed by atoms with van der Waals surface area (Å²) in [7, 11) is 3.62. The van der Waals surface area contributed by atoms with Gasteiger partial charge in [-0.1, -0.05) is 0 Å². The summed E-state index contributed by atoms with van der Waals surface area (Å²) in [6.45, 7) is 0. The summed E-state index contributed by atoms with van der Waals surface area (Å²) >= 11 is 0. The predicted octanol–water partition coefficient (Wildman–Crippen LogP) is 1.69. The number of amides is 1. The molecule has 1 aliphatic carbocycles. The van der Waals surface area contributed by atoms with Crippen molar-refractivity contribution in [1.29, 1.82) is 0 Å². The standard InChI is InChI=1S/C14H21N3O2/c1-17(2)14(18)10-3-5-11(6-4-10)19-13-7-8-16-9-12(13)15/h7-11H,3-6,15H2,1-2H3/t10-,11+. The van der Waals surface area contributed by atoms with Crippen molar-refractivity contribution in [3.05, 3.63) is 18.5 Å². The van der Waals surface area contributed by atoms with Gasteiger partial charge in [0.1, 0.15) is 5.75 Å². The van der Waals surface area contributed by atoms with E-state index in [1.807, 2.05) is 14.1 Å². The second-order valence-corrected chi connectivity index (χ2v) is 5.24. The molecule has 1 fully saturated rings. The van der Waals surface area contributed by atoms with Crippen molar-refractivity contribution in [2.45, 2.75) is 31.8 Å². The highest BCUT2D eigenvalue weighted by Crippen LogP contribution is 2.30. The molecule has 1 heterocycles.